The van der Waals surface area contributed by atoms with E-state index in [-0.39, 0.29) is 23.4 Å². The van der Waals surface area contributed by atoms with Crippen LogP contribution in [0.15, 0.2) is 18.2 Å². The summed E-state index contributed by atoms with van der Waals surface area (Å²) in [6, 6.07) is 6.98. The first kappa shape index (κ1) is 26.9. The van der Waals surface area contributed by atoms with Crippen LogP contribution in [0, 0.1) is 11.8 Å². The van der Waals surface area contributed by atoms with Crippen molar-refractivity contribution >= 4 is 12.1 Å². The Labute approximate surface area is 216 Å². The Morgan fingerprint density at radius 2 is 1.86 bits per heavy atom. The van der Waals surface area contributed by atoms with E-state index in [1.165, 1.54) is 11.1 Å². The number of nitrogens with one attached hydrogen (secondary N) is 1. The lowest BCUT2D eigenvalue weighted by Gasteiger charge is -2.55. The summed E-state index contributed by atoms with van der Waals surface area (Å²) in [5.74, 6) is 0.849. The van der Waals surface area contributed by atoms with Crippen LogP contribution in [-0.2, 0) is 21.4 Å². The first-order chi connectivity index (χ1) is 16.9. The number of carbonyl (C=O) groups is 2. The molecule has 0 radical (unpaired) electrons. The molecule has 0 saturated carbocycles. The molecule has 2 bridgehead atoms. The van der Waals surface area contributed by atoms with Crippen LogP contribution in [-0.4, -0.2) is 72.8 Å². The van der Waals surface area contributed by atoms with Crippen LogP contribution in [0.25, 0.3) is 0 Å². The third-order valence-electron chi connectivity index (χ3n) is 8.33. The van der Waals surface area contributed by atoms with Gasteiger partial charge in [-0.1, -0.05) is 26.8 Å². The van der Waals surface area contributed by atoms with Gasteiger partial charge in [0.05, 0.1) is 5.92 Å². The van der Waals surface area contributed by atoms with Crippen molar-refractivity contribution in [3.63, 3.8) is 0 Å². The molecule has 4 rings (SSSR count). The maximum absolute atomic E-state index is 12.4. The molecule has 0 aromatic heterocycles. The number of piperidine rings is 2. The van der Waals surface area contributed by atoms with Crippen molar-refractivity contribution in [2.24, 2.45) is 11.8 Å². The molecule has 1 amide bonds. The van der Waals surface area contributed by atoms with Crippen LogP contribution in [0.4, 0.5) is 4.79 Å². The molecule has 0 spiro atoms. The highest BCUT2D eigenvalue weighted by molar-refractivity contribution is 5.74. The number of fused-ring (bicyclic) bond motifs is 4. The van der Waals surface area contributed by atoms with Crippen molar-refractivity contribution in [3.8, 4) is 5.75 Å². The van der Waals surface area contributed by atoms with Crippen LogP contribution >= 0.6 is 0 Å². The number of benzene rings is 1. The maximum Gasteiger partial charge on any atom is 0.410 e. The molecule has 3 aliphatic rings. The van der Waals surface area contributed by atoms with Gasteiger partial charge >= 0.3 is 12.1 Å². The van der Waals surface area contributed by atoms with Gasteiger partial charge in [-0.2, -0.15) is 0 Å². The minimum absolute atomic E-state index is 0.0256. The summed E-state index contributed by atoms with van der Waals surface area (Å²) < 4.78 is 11.2. The summed E-state index contributed by atoms with van der Waals surface area (Å²) in [6.07, 6.45) is 3.83. The molecular formula is C29H45N3O4. The monoisotopic (exact) mass is 499 g/mol. The lowest BCUT2D eigenvalue weighted by molar-refractivity contribution is -0.137. The number of hydrogen-bond acceptors (Lipinski definition) is 6. The van der Waals surface area contributed by atoms with E-state index in [1.807, 2.05) is 45.6 Å². The fourth-order valence-corrected chi connectivity index (χ4v) is 6.07. The Kier molecular flexibility index (Phi) is 7.73. The topological polar surface area (TPSA) is 71.1 Å². The van der Waals surface area contributed by atoms with E-state index >= 15 is 0 Å². The molecule has 7 nitrogen and oxygen atoms in total. The van der Waals surface area contributed by atoms with Gasteiger partial charge in [0.25, 0.3) is 0 Å². The number of rotatable bonds is 5. The number of esters is 1. The van der Waals surface area contributed by atoms with Gasteiger partial charge in [0.1, 0.15) is 11.4 Å². The maximum atomic E-state index is 12.4. The Bertz CT molecular complexity index is 964. The summed E-state index contributed by atoms with van der Waals surface area (Å²) in [6.45, 7) is 15.3. The zero-order valence-corrected chi connectivity index (χ0v) is 23.2. The van der Waals surface area contributed by atoms with Gasteiger partial charge in [0.15, 0.2) is 0 Å². The number of nitrogens with zero attached hydrogens (tertiary/aromatic N) is 2. The quantitative estimate of drug-likeness (QED) is 0.479. The fourth-order valence-electron chi connectivity index (χ4n) is 6.07. The van der Waals surface area contributed by atoms with Crippen molar-refractivity contribution in [3.05, 3.63) is 29.3 Å². The molecule has 2 fully saturated rings. The fraction of sp³-hybridized carbons (Fsp3) is 0.724. The largest absolute Gasteiger partial charge is 0.444 e. The SMILES string of the molecule is CC(C)C(=O)Oc1ccc2c(c1)C1(C)CCN(C)C(C2)C1NCC1CCN(C(=O)OC(C)(C)C)CC1. The first-order valence-corrected chi connectivity index (χ1v) is 13.6. The Balaban J connectivity index is 1.43. The van der Waals surface area contributed by atoms with Gasteiger partial charge in [0.2, 0.25) is 0 Å². The summed E-state index contributed by atoms with van der Waals surface area (Å²) in [5.41, 5.74) is 2.20. The molecule has 3 atom stereocenters. The molecule has 7 heteroatoms. The van der Waals surface area contributed by atoms with Gasteiger partial charge in [-0.25, -0.2) is 4.79 Å². The number of carbonyl (C=O) groups excluding carboxylic acids is 2. The molecule has 1 aromatic rings. The molecular weight excluding hydrogens is 454 g/mol. The third-order valence-corrected chi connectivity index (χ3v) is 8.33. The summed E-state index contributed by atoms with van der Waals surface area (Å²) in [7, 11) is 2.24. The molecule has 2 aliphatic heterocycles. The highest BCUT2D eigenvalue weighted by Crippen LogP contribution is 2.46. The van der Waals surface area contributed by atoms with E-state index in [4.69, 9.17) is 9.47 Å². The minimum Gasteiger partial charge on any atom is -0.444 e. The smallest absolute Gasteiger partial charge is 0.410 e. The Morgan fingerprint density at radius 3 is 2.50 bits per heavy atom. The lowest BCUT2D eigenvalue weighted by atomic mass is 9.61. The van der Waals surface area contributed by atoms with Crippen LogP contribution < -0.4 is 10.1 Å². The van der Waals surface area contributed by atoms with Gasteiger partial charge in [0, 0.05) is 30.6 Å². The van der Waals surface area contributed by atoms with E-state index in [1.54, 1.807) is 0 Å². The zero-order chi connectivity index (χ0) is 26.3. The van der Waals surface area contributed by atoms with Crippen LogP contribution in [0.1, 0.15) is 71.9 Å². The third kappa shape index (κ3) is 5.72. The van der Waals surface area contributed by atoms with Gasteiger partial charge in [-0.05, 0) is 95.8 Å². The zero-order valence-electron chi connectivity index (χ0n) is 23.2. The predicted molar refractivity (Wildman–Crippen MR) is 141 cm³/mol. The second-order valence-electron chi connectivity index (χ2n) is 12.6. The van der Waals surface area contributed by atoms with Crippen LogP contribution in [0.2, 0.25) is 0 Å². The number of likely N-dealkylation sites (tertiary alicyclic amines) is 2. The van der Waals surface area contributed by atoms with Gasteiger partial charge in [-0.15, -0.1) is 0 Å². The molecule has 1 N–H and O–H groups in total. The predicted octanol–water partition coefficient (Wildman–Crippen LogP) is 4.37. The van der Waals surface area contributed by atoms with Crippen molar-refractivity contribution < 1.29 is 19.1 Å². The van der Waals surface area contributed by atoms with Gasteiger partial charge in [-0.3, -0.25) is 4.79 Å². The first-order valence-electron chi connectivity index (χ1n) is 13.6. The molecule has 2 heterocycles. The molecule has 36 heavy (non-hydrogen) atoms. The normalized spacial score (nSPS) is 27.1. The van der Waals surface area contributed by atoms with E-state index < -0.39 is 5.60 Å². The van der Waals surface area contributed by atoms with E-state index in [0.717, 1.165) is 51.9 Å². The minimum atomic E-state index is -0.459. The molecule has 1 aromatic carbocycles. The average Bonchev–Trinajstić information content (AvgIpc) is 2.80. The Hall–Kier alpha value is -2.12. The summed E-state index contributed by atoms with van der Waals surface area (Å²) >= 11 is 0. The lowest BCUT2D eigenvalue weighted by Crippen LogP contribution is -2.66. The highest BCUT2D eigenvalue weighted by atomic mass is 16.6. The molecule has 2 saturated heterocycles. The summed E-state index contributed by atoms with van der Waals surface area (Å²) in [5, 5.41) is 3.98. The average molecular weight is 500 g/mol. The van der Waals surface area contributed by atoms with E-state index in [2.05, 4.69) is 36.3 Å². The number of ether oxygens (including phenoxy) is 2. The summed E-state index contributed by atoms with van der Waals surface area (Å²) in [4.78, 5) is 29.0. The van der Waals surface area contributed by atoms with Crippen molar-refractivity contribution in [1.29, 1.82) is 0 Å². The van der Waals surface area contributed by atoms with Crippen LogP contribution in [0.5, 0.6) is 5.75 Å². The van der Waals surface area contributed by atoms with Crippen LogP contribution in [0.3, 0.4) is 0 Å². The number of amides is 1. The van der Waals surface area contributed by atoms with E-state index in [9.17, 15) is 9.59 Å². The Morgan fingerprint density at radius 1 is 1.17 bits per heavy atom. The van der Waals surface area contributed by atoms with Crippen molar-refractivity contribution in [2.75, 3.05) is 33.2 Å². The van der Waals surface area contributed by atoms with Gasteiger partial charge < -0.3 is 24.6 Å². The van der Waals surface area contributed by atoms with Crippen molar-refractivity contribution in [1.82, 2.24) is 15.1 Å². The molecule has 1 aliphatic carbocycles. The van der Waals surface area contributed by atoms with E-state index in [0.29, 0.717) is 23.8 Å². The standard InChI is InChI=1S/C29H45N3O4/c1-19(2)26(33)35-22-9-8-21-16-24-25(29(6,23(21)17-22)12-15-31(24)7)30-18-20-10-13-32(14-11-20)27(34)36-28(3,4)5/h8-9,17,19-20,24-25,30H,10-16,18H2,1-7H3. The second kappa shape index (κ2) is 10.3. The molecule has 200 valence electrons. The second-order valence-corrected chi connectivity index (χ2v) is 12.6. The number of likely N-dealkylation sites (N-methyl/N-ethyl adjacent to an activating group) is 1. The molecule has 3 unspecified atom stereocenters. The highest BCUT2D eigenvalue weighted by Gasteiger charge is 2.50. The van der Waals surface area contributed by atoms with Crippen molar-refractivity contribution in [2.45, 2.75) is 90.3 Å². The number of hydrogen-bond donors (Lipinski definition) is 1.